The van der Waals surface area contributed by atoms with E-state index in [2.05, 4.69) is 27.7 Å². The topological polar surface area (TPSA) is 58.9 Å². The summed E-state index contributed by atoms with van der Waals surface area (Å²) in [4.78, 5) is 0. The van der Waals surface area contributed by atoms with Gasteiger partial charge in [0.2, 0.25) is 0 Å². The maximum Gasteiger partial charge on any atom is 0.174 e. The number of hydrogen-bond donors (Lipinski definition) is 2. The van der Waals surface area contributed by atoms with Gasteiger partial charge < -0.3 is 19.7 Å². The lowest BCUT2D eigenvalue weighted by atomic mass is 9.77. The molecule has 1 heterocycles. The Morgan fingerprint density at radius 2 is 1.52 bits per heavy atom. The first kappa shape index (κ1) is 20.9. The Kier molecular flexibility index (Phi) is 9.67. The molecule has 0 spiro atoms. The number of aliphatic hydroxyl groups is 2. The van der Waals surface area contributed by atoms with Gasteiger partial charge in [0.05, 0.1) is 13.2 Å². The van der Waals surface area contributed by atoms with Crippen LogP contribution in [0.25, 0.3) is 0 Å². The first-order chi connectivity index (χ1) is 11.1. The van der Waals surface area contributed by atoms with E-state index in [-0.39, 0.29) is 13.2 Å². The molecule has 1 aliphatic heterocycles. The molecule has 2 N–H and O–H groups in total. The molecule has 1 saturated heterocycles. The molecule has 0 aromatic carbocycles. The lowest BCUT2D eigenvalue weighted by molar-refractivity contribution is -0.369. The molecule has 0 radical (unpaired) electrons. The van der Waals surface area contributed by atoms with Crippen molar-refractivity contribution in [2.75, 3.05) is 13.2 Å². The van der Waals surface area contributed by atoms with Gasteiger partial charge >= 0.3 is 0 Å². The van der Waals surface area contributed by atoms with E-state index in [0.29, 0.717) is 11.8 Å². The highest BCUT2D eigenvalue weighted by atomic mass is 16.7. The fourth-order valence-corrected chi connectivity index (χ4v) is 3.87. The van der Waals surface area contributed by atoms with Gasteiger partial charge in [-0.05, 0) is 25.7 Å². The summed E-state index contributed by atoms with van der Waals surface area (Å²) in [5, 5.41) is 19.7. The third kappa shape index (κ3) is 5.15. The lowest BCUT2D eigenvalue weighted by Crippen LogP contribution is -2.60. The molecule has 1 fully saturated rings. The molecule has 0 aromatic heterocycles. The molecule has 4 unspecified atom stereocenters. The average Bonchev–Trinajstić information content (AvgIpc) is 2.58. The Bertz CT molecular complexity index is 292. The van der Waals surface area contributed by atoms with Crippen LogP contribution in [0.4, 0.5) is 0 Å². The number of hydrogen-bond acceptors (Lipinski definition) is 4. The van der Waals surface area contributed by atoms with E-state index in [9.17, 15) is 10.2 Å². The van der Waals surface area contributed by atoms with E-state index in [4.69, 9.17) is 9.47 Å². The second kappa shape index (κ2) is 10.7. The van der Waals surface area contributed by atoms with Crippen LogP contribution in [0, 0.1) is 11.8 Å². The van der Waals surface area contributed by atoms with Crippen molar-refractivity contribution < 1.29 is 19.7 Å². The van der Waals surface area contributed by atoms with Gasteiger partial charge in [-0.25, -0.2) is 0 Å². The summed E-state index contributed by atoms with van der Waals surface area (Å²) >= 11 is 0. The zero-order valence-corrected chi connectivity index (χ0v) is 15.6. The van der Waals surface area contributed by atoms with Crippen molar-refractivity contribution >= 4 is 0 Å². The van der Waals surface area contributed by atoms with Crippen LogP contribution in [0.15, 0.2) is 0 Å². The summed E-state index contributed by atoms with van der Waals surface area (Å²) in [5.41, 5.74) is 0. The SMILES string of the molecule is CCCCC(CC)C1(C(CC)CCCC)OCC(O)C(CO)O1. The molecule has 0 saturated carbocycles. The minimum atomic E-state index is -0.736. The van der Waals surface area contributed by atoms with Gasteiger partial charge in [-0.3, -0.25) is 0 Å². The maximum atomic E-state index is 10.1. The smallest absolute Gasteiger partial charge is 0.174 e. The summed E-state index contributed by atoms with van der Waals surface area (Å²) in [6.07, 6.45) is 7.50. The Hall–Kier alpha value is -0.160. The minimum absolute atomic E-state index is 0.152. The Morgan fingerprint density at radius 3 is 1.91 bits per heavy atom. The van der Waals surface area contributed by atoms with E-state index >= 15 is 0 Å². The zero-order valence-electron chi connectivity index (χ0n) is 15.6. The first-order valence-corrected chi connectivity index (χ1v) is 9.70. The second-order valence-corrected chi connectivity index (χ2v) is 6.93. The van der Waals surface area contributed by atoms with Gasteiger partial charge in [0.25, 0.3) is 0 Å². The molecule has 1 aliphatic rings. The van der Waals surface area contributed by atoms with Gasteiger partial charge in [-0.1, -0.05) is 53.4 Å². The predicted molar refractivity (Wildman–Crippen MR) is 93.3 cm³/mol. The van der Waals surface area contributed by atoms with Crippen molar-refractivity contribution in [3.8, 4) is 0 Å². The van der Waals surface area contributed by atoms with Crippen LogP contribution < -0.4 is 0 Å². The van der Waals surface area contributed by atoms with E-state index in [1.165, 1.54) is 0 Å². The zero-order chi connectivity index (χ0) is 17.3. The van der Waals surface area contributed by atoms with Crippen LogP contribution in [0.3, 0.4) is 0 Å². The van der Waals surface area contributed by atoms with Crippen LogP contribution in [0.1, 0.15) is 79.1 Å². The quantitative estimate of drug-likeness (QED) is 0.603. The van der Waals surface area contributed by atoms with Gasteiger partial charge in [0, 0.05) is 11.8 Å². The summed E-state index contributed by atoms with van der Waals surface area (Å²) in [7, 11) is 0. The van der Waals surface area contributed by atoms with Gasteiger partial charge in [0.1, 0.15) is 12.2 Å². The molecule has 4 heteroatoms. The summed E-state index contributed by atoms with van der Waals surface area (Å²) in [5.74, 6) is -0.0305. The Labute approximate surface area is 142 Å². The van der Waals surface area contributed by atoms with Crippen molar-refractivity contribution in [2.45, 2.75) is 97.1 Å². The fourth-order valence-electron chi connectivity index (χ4n) is 3.87. The molecule has 0 aromatic rings. The second-order valence-electron chi connectivity index (χ2n) is 6.93. The first-order valence-electron chi connectivity index (χ1n) is 9.70. The van der Waals surface area contributed by atoms with Crippen LogP contribution >= 0.6 is 0 Å². The number of aliphatic hydroxyl groups excluding tert-OH is 2. The van der Waals surface area contributed by atoms with Crippen LogP contribution in [-0.4, -0.2) is 41.4 Å². The number of rotatable bonds is 11. The van der Waals surface area contributed by atoms with E-state index in [1.54, 1.807) is 0 Å². The molecule has 138 valence electrons. The van der Waals surface area contributed by atoms with Crippen LogP contribution in [0.5, 0.6) is 0 Å². The normalized spacial score (nSPS) is 31.0. The van der Waals surface area contributed by atoms with Crippen molar-refractivity contribution in [2.24, 2.45) is 11.8 Å². The highest BCUT2D eigenvalue weighted by Gasteiger charge is 2.51. The van der Waals surface area contributed by atoms with Crippen molar-refractivity contribution in [3.05, 3.63) is 0 Å². The van der Waals surface area contributed by atoms with Crippen molar-refractivity contribution in [1.82, 2.24) is 0 Å². The fraction of sp³-hybridized carbons (Fsp3) is 1.00. The standard InChI is InChI=1S/C19H38O4/c1-5-9-11-15(7-3)19(16(8-4)12-10-6-2)22-14-17(21)18(13-20)23-19/h15-18,20-21H,5-14H2,1-4H3. The molecule has 4 atom stereocenters. The molecule has 23 heavy (non-hydrogen) atoms. The molecular weight excluding hydrogens is 292 g/mol. The Balaban J connectivity index is 3.06. The van der Waals surface area contributed by atoms with Gasteiger partial charge in [-0.15, -0.1) is 0 Å². The summed E-state index contributed by atoms with van der Waals surface area (Å²) in [6.45, 7) is 8.91. The summed E-state index contributed by atoms with van der Waals surface area (Å²) in [6, 6.07) is 0. The highest BCUT2D eigenvalue weighted by Crippen LogP contribution is 2.44. The third-order valence-electron chi connectivity index (χ3n) is 5.36. The molecule has 0 amide bonds. The van der Waals surface area contributed by atoms with E-state index in [0.717, 1.165) is 51.4 Å². The van der Waals surface area contributed by atoms with Crippen LogP contribution in [0.2, 0.25) is 0 Å². The monoisotopic (exact) mass is 330 g/mol. The van der Waals surface area contributed by atoms with E-state index < -0.39 is 18.0 Å². The molecular formula is C19H38O4. The Morgan fingerprint density at radius 1 is 1.00 bits per heavy atom. The van der Waals surface area contributed by atoms with E-state index in [1.807, 2.05) is 0 Å². The highest BCUT2D eigenvalue weighted by molar-refractivity contribution is 4.91. The van der Waals surface area contributed by atoms with Crippen LogP contribution in [-0.2, 0) is 9.47 Å². The van der Waals surface area contributed by atoms with Crippen molar-refractivity contribution in [3.63, 3.8) is 0 Å². The minimum Gasteiger partial charge on any atom is -0.394 e. The molecule has 0 aliphatic carbocycles. The van der Waals surface area contributed by atoms with Gasteiger partial charge in [-0.2, -0.15) is 0 Å². The predicted octanol–water partition coefficient (Wildman–Crippen LogP) is 3.88. The largest absolute Gasteiger partial charge is 0.394 e. The maximum absolute atomic E-state index is 10.1. The number of unbranched alkanes of at least 4 members (excludes halogenated alkanes) is 2. The van der Waals surface area contributed by atoms with Crippen molar-refractivity contribution in [1.29, 1.82) is 0 Å². The lowest BCUT2D eigenvalue weighted by Gasteiger charge is -2.51. The third-order valence-corrected chi connectivity index (χ3v) is 5.36. The van der Waals surface area contributed by atoms with Gasteiger partial charge in [0.15, 0.2) is 5.79 Å². The molecule has 1 rings (SSSR count). The molecule has 4 nitrogen and oxygen atoms in total. The number of ether oxygens (including phenoxy) is 2. The summed E-state index contributed by atoms with van der Waals surface area (Å²) < 4.78 is 12.5. The average molecular weight is 331 g/mol. The molecule has 0 bridgehead atoms.